The zero-order chi connectivity index (χ0) is 7.23. The van der Waals surface area contributed by atoms with Crippen LogP contribution in [0.3, 0.4) is 0 Å². The van der Waals surface area contributed by atoms with Gasteiger partial charge in [0.05, 0.1) is 0 Å². The second-order valence-electron chi connectivity index (χ2n) is 2.95. The third-order valence-electron chi connectivity index (χ3n) is 2.04. The molecule has 1 rings (SSSR count). The monoisotopic (exact) mass is 178 g/mol. The third kappa shape index (κ3) is 4.62. The van der Waals surface area contributed by atoms with Gasteiger partial charge >= 0.3 is 0 Å². The first kappa shape index (κ1) is 11.2. The van der Waals surface area contributed by atoms with E-state index < -0.39 is 0 Å². The Bertz CT molecular complexity index is 82.2. The quantitative estimate of drug-likeness (QED) is 0.697. The number of halogens is 1. The van der Waals surface area contributed by atoms with Crippen LogP contribution in [0.15, 0.2) is 0 Å². The van der Waals surface area contributed by atoms with E-state index >= 15 is 0 Å². The smallest absolute Gasteiger partial charge is 0.0107 e. The molecule has 1 heterocycles. The lowest BCUT2D eigenvalue weighted by molar-refractivity contribution is 0.238. The first-order chi connectivity index (χ1) is 4.93. The third-order valence-corrected chi connectivity index (χ3v) is 2.04. The SMILES string of the molecule is CCCCN1CCNCC1.Cl. The van der Waals surface area contributed by atoms with Crippen molar-refractivity contribution in [3.63, 3.8) is 0 Å². The van der Waals surface area contributed by atoms with Gasteiger partial charge in [-0.15, -0.1) is 12.4 Å². The number of piperazine rings is 1. The molecule has 0 radical (unpaired) electrons. The van der Waals surface area contributed by atoms with Gasteiger partial charge in [0.25, 0.3) is 0 Å². The molecule has 1 saturated heterocycles. The average Bonchev–Trinajstić information content (AvgIpc) is 2.03. The molecule has 0 amide bonds. The van der Waals surface area contributed by atoms with Gasteiger partial charge in [0.15, 0.2) is 0 Å². The molecular weight excluding hydrogens is 160 g/mol. The minimum Gasteiger partial charge on any atom is -0.314 e. The number of nitrogens with zero attached hydrogens (tertiary/aromatic N) is 1. The van der Waals surface area contributed by atoms with Crippen molar-refractivity contribution in [2.24, 2.45) is 0 Å². The van der Waals surface area contributed by atoms with E-state index in [1.807, 2.05) is 0 Å². The lowest BCUT2D eigenvalue weighted by Crippen LogP contribution is -2.43. The van der Waals surface area contributed by atoms with Crippen LogP contribution in [0.25, 0.3) is 0 Å². The Labute approximate surface area is 75.8 Å². The summed E-state index contributed by atoms with van der Waals surface area (Å²) in [5.41, 5.74) is 0. The Morgan fingerprint density at radius 2 is 1.91 bits per heavy atom. The van der Waals surface area contributed by atoms with Crippen molar-refractivity contribution in [2.75, 3.05) is 32.7 Å². The fourth-order valence-corrected chi connectivity index (χ4v) is 1.32. The average molecular weight is 179 g/mol. The van der Waals surface area contributed by atoms with Crippen LogP contribution in [0.5, 0.6) is 0 Å². The normalized spacial score (nSPS) is 19.4. The number of hydrogen-bond acceptors (Lipinski definition) is 2. The largest absolute Gasteiger partial charge is 0.314 e. The Morgan fingerprint density at radius 1 is 1.27 bits per heavy atom. The maximum Gasteiger partial charge on any atom is 0.0107 e. The highest BCUT2D eigenvalue weighted by Gasteiger charge is 2.06. The summed E-state index contributed by atoms with van der Waals surface area (Å²) in [5.74, 6) is 0. The fourth-order valence-electron chi connectivity index (χ4n) is 1.32. The summed E-state index contributed by atoms with van der Waals surface area (Å²) in [6.07, 6.45) is 2.68. The Balaban J connectivity index is 0.000001000. The van der Waals surface area contributed by atoms with Crippen LogP contribution >= 0.6 is 12.4 Å². The van der Waals surface area contributed by atoms with Crippen molar-refractivity contribution in [1.82, 2.24) is 10.2 Å². The van der Waals surface area contributed by atoms with Gasteiger partial charge in [-0.3, -0.25) is 0 Å². The summed E-state index contributed by atoms with van der Waals surface area (Å²) in [7, 11) is 0. The van der Waals surface area contributed by atoms with E-state index in [-0.39, 0.29) is 12.4 Å². The standard InChI is InChI=1S/C8H18N2.ClH/c1-2-3-6-10-7-4-9-5-8-10;/h9H,2-8H2,1H3;1H. The highest BCUT2D eigenvalue weighted by Crippen LogP contribution is 1.95. The highest BCUT2D eigenvalue weighted by atomic mass is 35.5. The van der Waals surface area contributed by atoms with Crippen LogP contribution in [0.1, 0.15) is 19.8 Å². The number of hydrogen-bond donors (Lipinski definition) is 1. The first-order valence-electron chi connectivity index (χ1n) is 4.36. The minimum atomic E-state index is 0. The van der Waals surface area contributed by atoms with E-state index in [0.29, 0.717) is 0 Å². The van der Waals surface area contributed by atoms with Crippen molar-refractivity contribution in [3.05, 3.63) is 0 Å². The molecule has 0 bridgehead atoms. The molecule has 1 N–H and O–H groups in total. The lowest BCUT2D eigenvalue weighted by Gasteiger charge is -2.26. The Morgan fingerprint density at radius 3 is 2.45 bits per heavy atom. The topological polar surface area (TPSA) is 15.3 Å². The summed E-state index contributed by atoms with van der Waals surface area (Å²) in [6, 6.07) is 0. The number of nitrogens with one attached hydrogen (secondary N) is 1. The van der Waals surface area contributed by atoms with Crippen LogP contribution in [0.4, 0.5) is 0 Å². The molecule has 0 spiro atoms. The van der Waals surface area contributed by atoms with Crippen molar-refractivity contribution in [3.8, 4) is 0 Å². The van der Waals surface area contributed by atoms with Crippen molar-refractivity contribution >= 4 is 12.4 Å². The van der Waals surface area contributed by atoms with Gasteiger partial charge in [-0.1, -0.05) is 13.3 Å². The van der Waals surface area contributed by atoms with Gasteiger partial charge in [0.2, 0.25) is 0 Å². The van der Waals surface area contributed by atoms with Gasteiger partial charge in [-0.25, -0.2) is 0 Å². The van der Waals surface area contributed by atoms with E-state index in [1.54, 1.807) is 0 Å². The van der Waals surface area contributed by atoms with Crippen molar-refractivity contribution < 1.29 is 0 Å². The van der Waals surface area contributed by atoms with Gasteiger partial charge in [0.1, 0.15) is 0 Å². The highest BCUT2D eigenvalue weighted by molar-refractivity contribution is 5.85. The van der Waals surface area contributed by atoms with Crippen molar-refractivity contribution in [1.29, 1.82) is 0 Å². The van der Waals surface area contributed by atoms with Crippen LogP contribution < -0.4 is 5.32 Å². The molecule has 3 heteroatoms. The van der Waals surface area contributed by atoms with Crippen molar-refractivity contribution in [2.45, 2.75) is 19.8 Å². The molecule has 0 aliphatic carbocycles. The minimum absolute atomic E-state index is 0. The molecule has 1 aliphatic rings. The Hall–Kier alpha value is 0.210. The lowest BCUT2D eigenvalue weighted by atomic mass is 10.3. The number of rotatable bonds is 3. The summed E-state index contributed by atoms with van der Waals surface area (Å²) >= 11 is 0. The van der Waals surface area contributed by atoms with Crippen LogP contribution in [0.2, 0.25) is 0 Å². The van der Waals surface area contributed by atoms with E-state index in [4.69, 9.17) is 0 Å². The van der Waals surface area contributed by atoms with E-state index in [0.717, 1.165) is 0 Å². The molecule has 2 nitrogen and oxygen atoms in total. The van der Waals surface area contributed by atoms with Gasteiger partial charge < -0.3 is 10.2 Å². The predicted molar refractivity (Wildman–Crippen MR) is 51.5 cm³/mol. The second-order valence-corrected chi connectivity index (χ2v) is 2.95. The molecule has 68 valence electrons. The van der Waals surface area contributed by atoms with Crippen LogP contribution in [0, 0.1) is 0 Å². The molecular formula is C8H19ClN2. The Kier molecular flexibility index (Phi) is 7.02. The molecule has 1 fully saturated rings. The number of unbranched alkanes of at least 4 members (excludes halogenated alkanes) is 1. The van der Waals surface area contributed by atoms with Crippen LogP contribution in [-0.2, 0) is 0 Å². The van der Waals surface area contributed by atoms with E-state index in [2.05, 4.69) is 17.1 Å². The van der Waals surface area contributed by atoms with Gasteiger partial charge in [0, 0.05) is 26.2 Å². The summed E-state index contributed by atoms with van der Waals surface area (Å²) in [4.78, 5) is 2.54. The zero-order valence-electron chi connectivity index (χ0n) is 7.31. The molecule has 11 heavy (non-hydrogen) atoms. The zero-order valence-corrected chi connectivity index (χ0v) is 8.12. The molecule has 0 aromatic carbocycles. The molecule has 0 aromatic heterocycles. The molecule has 1 aliphatic heterocycles. The molecule has 0 atom stereocenters. The fraction of sp³-hybridized carbons (Fsp3) is 1.00. The van der Waals surface area contributed by atoms with E-state index in [1.165, 1.54) is 45.6 Å². The van der Waals surface area contributed by atoms with Gasteiger partial charge in [-0.2, -0.15) is 0 Å². The molecule has 0 aromatic rings. The van der Waals surface area contributed by atoms with Gasteiger partial charge in [-0.05, 0) is 13.0 Å². The predicted octanol–water partition coefficient (Wildman–Crippen LogP) is 1.11. The molecule has 0 unspecified atom stereocenters. The first-order valence-corrected chi connectivity index (χ1v) is 4.36. The summed E-state index contributed by atoms with van der Waals surface area (Å²) in [5, 5.41) is 3.35. The maximum absolute atomic E-state index is 3.35. The second kappa shape index (κ2) is 6.89. The maximum atomic E-state index is 3.35. The summed E-state index contributed by atoms with van der Waals surface area (Å²) < 4.78 is 0. The molecule has 0 saturated carbocycles. The van der Waals surface area contributed by atoms with E-state index in [9.17, 15) is 0 Å². The summed E-state index contributed by atoms with van der Waals surface area (Å²) in [6.45, 7) is 8.42. The van der Waals surface area contributed by atoms with Crippen LogP contribution in [-0.4, -0.2) is 37.6 Å².